The van der Waals surface area contributed by atoms with E-state index in [9.17, 15) is 20.4 Å². The molecule has 0 aliphatic carbocycles. The van der Waals surface area contributed by atoms with Crippen molar-refractivity contribution in [3.63, 3.8) is 0 Å². The first kappa shape index (κ1) is 88.4. The fraction of sp³-hybridized carbons (Fsp3) is 0.653. The van der Waals surface area contributed by atoms with Gasteiger partial charge in [0.05, 0.1) is 0 Å². The fourth-order valence-electron chi connectivity index (χ4n) is 9.21. The van der Waals surface area contributed by atoms with Crippen LogP contribution in [0.1, 0.15) is 304 Å². The third-order valence-electron chi connectivity index (χ3n) is 15.0. The summed E-state index contributed by atoms with van der Waals surface area (Å²) in [7, 11) is 0. The zero-order chi connectivity index (χ0) is 60.5. The van der Waals surface area contributed by atoms with Crippen LogP contribution >= 0.6 is 0 Å². The van der Waals surface area contributed by atoms with E-state index in [-0.39, 0.29) is 172 Å². The molecule has 442 valence electrons. The van der Waals surface area contributed by atoms with Crippen molar-refractivity contribution in [2.75, 3.05) is 26.4 Å². The second-order valence-corrected chi connectivity index (χ2v) is 30.7. The van der Waals surface area contributed by atoms with Gasteiger partial charge in [-0.05, 0) is 136 Å². The van der Waals surface area contributed by atoms with E-state index in [0.29, 0.717) is 0 Å². The van der Waals surface area contributed by atoms with E-state index in [0.717, 1.165) is 99.6 Å². The summed E-state index contributed by atoms with van der Waals surface area (Å²) >= 11 is 0. The molecule has 0 N–H and O–H groups in total. The van der Waals surface area contributed by atoms with Crippen molar-refractivity contribution in [3.8, 4) is 23.0 Å². The number of unbranched alkanes of at least 4 members (excludes halogenated alkanes) is 1. The van der Waals surface area contributed by atoms with Gasteiger partial charge in [0.1, 0.15) is 0 Å². The van der Waals surface area contributed by atoms with Gasteiger partial charge in [-0.3, -0.25) is 0 Å². The third-order valence-corrected chi connectivity index (χ3v) is 15.0. The van der Waals surface area contributed by atoms with Crippen LogP contribution in [0.3, 0.4) is 0 Å². The van der Waals surface area contributed by atoms with Gasteiger partial charge in [-0.25, -0.2) is 0 Å². The molecule has 83 heavy (non-hydrogen) atoms. The van der Waals surface area contributed by atoms with Crippen LogP contribution in [0.5, 0.6) is 23.0 Å². The second-order valence-electron chi connectivity index (χ2n) is 30.7. The van der Waals surface area contributed by atoms with Crippen LogP contribution in [-0.4, -0.2) is 26.4 Å². The second kappa shape index (κ2) is 35.4. The Kier molecular flexibility index (Phi) is 37.7. The van der Waals surface area contributed by atoms with Crippen LogP contribution in [-0.2, 0) is 52.8 Å². The Balaban J connectivity index is -0.000000577. The van der Waals surface area contributed by atoms with Crippen LogP contribution in [0.15, 0.2) is 48.5 Å². The van der Waals surface area contributed by atoms with Crippen LogP contribution in [0.2, 0.25) is 0 Å². The molecule has 2 fully saturated rings. The number of rotatable bonds is 5. The minimum atomic E-state index is -0.276. The topological polar surface area (TPSA) is 111 Å². The normalized spacial score (nSPS) is 13.8. The van der Waals surface area contributed by atoms with Crippen molar-refractivity contribution in [2.24, 2.45) is 0 Å². The molecule has 0 amide bonds. The number of hydrogen-bond acceptors (Lipinski definition) is 6. The fourth-order valence-corrected chi connectivity index (χ4v) is 9.21. The van der Waals surface area contributed by atoms with Gasteiger partial charge in [0, 0.05) is 38.3 Å². The first-order valence-corrected chi connectivity index (χ1v) is 29.6. The first-order valence-electron chi connectivity index (χ1n) is 29.6. The average molecular weight is 1110 g/mol. The van der Waals surface area contributed by atoms with E-state index in [1.165, 1.54) is 32.1 Å². The Hall–Kier alpha value is -1.01. The zero-order valence-corrected chi connectivity index (χ0v) is 60.0. The molecule has 0 atom stereocenters. The third kappa shape index (κ3) is 26.5. The first-order chi connectivity index (χ1) is 35.2. The van der Waals surface area contributed by atoms with Crippen LogP contribution in [0.25, 0.3) is 0 Å². The van der Waals surface area contributed by atoms with E-state index < -0.39 is 0 Å². The molecule has 0 spiro atoms. The van der Waals surface area contributed by atoms with E-state index in [1.54, 1.807) is 0 Å². The summed E-state index contributed by atoms with van der Waals surface area (Å²) in [6, 6.07) is 16.5. The molecule has 2 saturated heterocycles. The van der Waals surface area contributed by atoms with Crippen molar-refractivity contribution < 1.29 is 124 Å². The smallest absolute Gasteiger partial charge is 0.872 e. The molecule has 6 nitrogen and oxygen atoms in total. The number of hydrogen-bond donors (Lipinski definition) is 0. The molecular weight excluding hydrogens is 995 g/mol. The Morgan fingerprint density at radius 3 is 0.590 bits per heavy atom. The minimum Gasteiger partial charge on any atom is -0.872 e. The quantitative estimate of drug-likeness (QED) is 0.225. The van der Waals surface area contributed by atoms with Gasteiger partial charge in [-0.2, -0.15) is 6.42 Å². The maximum absolute atomic E-state index is 13.7. The molecular formula is C72H113Li5O6. The molecule has 0 radical (unpaired) electrons. The minimum absolute atomic E-state index is 0. The van der Waals surface area contributed by atoms with Crippen molar-refractivity contribution in [2.45, 2.75) is 281 Å². The molecule has 2 aliphatic heterocycles. The van der Waals surface area contributed by atoms with Crippen LogP contribution in [0, 0.1) is 6.92 Å². The van der Waals surface area contributed by atoms with Gasteiger partial charge in [0.25, 0.3) is 0 Å². The zero-order valence-electron chi connectivity index (χ0n) is 60.0. The van der Waals surface area contributed by atoms with Gasteiger partial charge in [-0.15, -0.1) is 23.0 Å². The standard InChI is InChI=1S/2C30H46O2.2C4H8O.C4H9.5Li/c2*1-18(21-14-19(27(2,3)4)16-23(25(21)31)29(8,9)10)22-15-20(28(5,6)7)17-24(26(22)32)30(11,12)13;2*1-2-4-5-3-1;1-3-4-2;;;;;/h2*14-18,31-32H,1-13H3;2*1-4H2;1,3-4H2,2H3;;;;;/q;;;;-1;5*+1/p-4. The summed E-state index contributed by atoms with van der Waals surface area (Å²) in [6.45, 7) is 64.8. The Labute approximate surface area is 571 Å². The predicted octanol–water partition coefficient (Wildman–Crippen LogP) is 2.59. The van der Waals surface area contributed by atoms with Crippen LogP contribution < -0.4 is 115 Å². The molecule has 4 aromatic rings. The molecule has 0 saturated carbocycles. The van der Waals surface area contributed by atoms with Gasteiger partial charge in [0.2, 0.25) is 0 Å². The van der Waals surface area contributed by atoms with Crippen LogP contribution in [0.4, 0.5) is 0 Å². The molecule has 4 aromatic carbocycles. The van der Waals surface area contributed by atoms with Gasteiger partial charge in [-0.1, -0.05) is 242 Å². The van der Waals surface area contributed by atoms with Crippen molar-refractivity contribution in [3.05, 3.63) is 122 Å². The Morgan fingerprint density at radius 1 is 0.337 bits per heavy atom. The molecule has 6 rings (SSSR count). The van der Waals surface area contributed by atoms with Gasteiger partial charge < -0.3 is 36.8 Å². The maximum atomic E-state index is 13.7. The van der Waals surface area contributed by atoms with E-state index in [1.807, 2.05) is 38.1 Å². The SMILES string of the molecule is C1CCOC1.C1CCOC1.CC(c1cc(C(C)(C)C)cc(C(C)(C)C)c1[O-])c1cc(C(C)(C)C)cc(C(C)(C)C)c1[O-].CC(c1cc(C(C)(C)C)cc(C(C)(C)C)c1[O-])c1cc(C(C)(C)C)cc(C(C)(C)C)c1[O-].[CH2-]CCC.[Li+].[Li+].[Li+].[Li+].[Li+]. The van der Waals surface area contributed by atoms with Crippen molar-refractivity contribution >= 4 is 0 Å². The molecule has 2 aliphatic rings. The summed E-state index contributed by atoms with van der Waals surface area (Å²) < 4.78 is 9.89. The summed E-state index contributed by atoms with van der Waals surface area (Å²) in [5.41, 5.74) is 9.32. The monoisotopic (exact) mass is 1110 g/mol. The molecule has 0 unspecified atom stereocenters. The number of ether oxygens (including phenoxy) is 2. The maximum Gasteiger partial charge on any atom is 1.00 e. The largest absolute Gasteiger partial charge is 1.00 e. The predicted molar refractivity (Wildman–Crippen MR) is 329 cm³/mol. The molecule has 0 bridgehead atoms. The summed E-state index contributed by atoms with van der Waals surface area (Å²) in [4.78, 5) is 0. The van der Waals surface area contributed by atoms with E-state index in [2.05, 4.69) is 204 Å². The molecule has 11 heteroatoms. The Bertz CT molecular complexity index is 2180. The average Bonchev–Trinajstić information content (AvgIpc) is 4.07. The summed E-state index contributed by atoms with van der Waals surface area (Å²) in [5, 5.41) is 54.7. The van der Waals surface area contributed by atoms with Crippen molar-refractivity contribution in [1.82, 2.24) is 0 Å². The molecule has 2 heterocycles. The number of benzene rings is 4. The van der Waals surface area contributed by atoms with E-state index >= 15 is 0 Å². The summed E-state index contributed by atoms with van der Waals surface area (Å²) in [6.07, 6.45) is 7.39. The van der Waals surface area contributed by atoms with Gasteiger partial charge >= 0.3 is 94.3 Å². The summed E-state index contributed by atoms with van der Waals surface area (Å²) in [5.74, 6) is -0.290. The van der Waals surface area contributed by atoms with Gasteiger partial charge in [0.15, 0.2) is 0 Å². The van der Waals surface area contributed by atoms with Crippen molar-refractivity contribution in [1.29, 1.82) is 0 Å². The Morgan fingerprint density at radius 2 is 0.494 bits per heavy atom. The molecule has 0 aromatic heterocycles. The van der Waals surface area contributed by atoms with E-state index in [4.69, 9.17) is 9.47 Å².